The van der Waals surface area contributed by atoms with Gasteiger partial charge in [0.1, 0.15) is 24.5 Å². The quantitative estimate of drug-likeness (QED) is 0.519. The van der Waals surface area contributed by atoms with E-state index in [2.05, 4.69) is 9.97 Å². The number of nitrogens with zero attached hydrogens (tertiary/aromatic N) is 3. The lowest BCUT2D eigenvalue weighted by molar-refractivity contribution is -0.108. The zero-order valence-electron chi connectivity index (χ0n) is 14.2. The maximum atomic E-state index is 12.8. The number of nitrogen functional groups attached to an aromatic ring is 1. The van der Waals surface area contributed by atoms with Crippen LogP contribution in [-0.4, -0.2) is 26.8 Å². The van der Waals surface area contributed by atoms with Gasteiger partial charge in [-0.1, -0.05) is 30.3 Å². The topological polar surface area (TPSA) is 117 Å². The highest BCUT2D eigenvalue weighted by molar-refractivity contribution is 5.94. The summed E-state index contributed by atoms with van der Waals surface area (Å²) in [4.78, 5) is 44.3. The number of carbonyl (C=O) groups is 2. The van der Waals surface area contributed by atoms with E-state index >= 15 is 0 Å². The molecule has 0 atom stereocenters. The summed E-state index contributed by atoms with van der Waals surface area (Å²) in [5.41, 5.74) is 6.04. The van der Waals surface area contributed by atoms with E-state index in [0.29, 0.717) is 11.8 Å². The van der Waals surface area contributed by atoms with Gasteiger partial charge in [0.15, 0.2) is 5.56 Å². The average molecular weight is 364 g/mol. The molecular formula is C19H16N4O4. The molecule has 2 aromatic heterocycles. The third kappa shape index (κ3) is 3.90. The van der Waals surface area contributed by atoms with Gasteiger partial charge in [0, 0.05) is 18.0 Å². The van der Waals surface area contributed by atoms with Crippen molar-refractivity contribution >= 4 is 18.1 Å². The number of rotatable bonds is 6. The zero-order chi connectivity index (χ0) is 19.2. The fraction of sp³-hybridized carbons (Fsp3) is 0.105. The SMILES string of the molecule is Nc1nc(-c2ccncc2)n(CC=O)c(=O)c1C(=O)OCc1ccccc1. The van der Waals surface area contributed by atoms with E-state index in [0.717, 1.165) is 10.1 Å². The van der Waals surface area contributed by atoms with Crippen molar-refractivity contribution in [1.82, 2.24) is 14.5 Å². The van der Waals surface area contributed by atoms with Crippen LogP contribution in [0.15, 0.2) is 59.7 Å². The average Bonchev–Trinajstić information content (AvgIpc) is 2.70. The molecule has 0 saturated carbocycles. The van der Waals surface area contributed by atoms with Crippen LogP contribution >= 0.6 is 0 Å². The monoisotopic (exact) mass is 364 g/mol. The highest BCUT2D eigenvalue weighted by atomic mass is 16.5. The molecule has 2 N–H and O–H groups in total. The van der Waals surface area contributed by atoms with E-state index in [-0.39, 0.29) is 24.8 Å². The second-order valence-corrected chi connectivity index (χ2v) is 5.58. The van der Waals surface area contributed by atoms with E-state index < -0.39 is 17.1 Å². The van der Waals surface area contributed by atoms with Gasteiger partial charge < -0.3 is 15.3 Å². The number of aldehydes is 1. The first-order valence-electron chi connectivity index (χ1n) is 8.07. The second-order valence-electron chi connectivity index (χ2n) is 5.58. The molecule has 0 aliphatic heterocycles. The summed E-state index contributed by atoms with van der Waals surface area (Å²) in [6.07, 6.45) is 3.58. The van der Waals surface area contributed by atoms with Crippen LogP contribution < -0.4 is 11.3 Å². The summed E-state index contributed by atoms with van der Waals surface area (Å²) in [5, 5.41) is 0. The number of esters is 1. The Hall–Kier alpha value is -3.81. The van der Waals surface area contributed by atoms with Gasteiger partial charge in [-0.3, -0.25) is 14.3 Å². The van der Waals surface area contributed by atoms with Gasteiger partial charge in [0.2, 0.25) is 0 Å². The van der Waals surface area contributed by atoms with E-state index in [1.165, 1.54) is 12.4 Å². The molecule has 0 fully saturated rings. The Labute approximate surface area is 154 Å². The molecule has 27 heavy (non-hydrogen) atoms. The van der Waals surface area contributed by atoms with Crippen molar-refractivity contribution in [2.24, 2.45) is 0 Å². The number of ether oxygens (including phenoxy) is 1. The van der Waals surface area contributed by atoms with Crippen molar-refractivity contribution in [2.45, 2.75) is 13.2 Å². The van der Waals surface area contributed by atoms with E-state index in [4.69, 9.17) is 10.5 Å². The molecule has 0 unspecified atom stereocenters. The van der Waals surface area contributed by atoms with E-state index in [1.807, 2.05) is 6.07 Å². The molecule has 0 saturated heterocycles. The molecule has 0 aliphatic carbocycles. The third-order valence-electron chi connectivity index (χ3n) is 3.81. The molecule has 1 aromatic carbocycles. The number of nitrogens with two attached hydrogens (primary N) is 1. The minimum Gasteiger partial charge on any atom is -0.457 e. The molecule has 0 amide bonds. The van der Waals surface area contributed by atoms with Gasteiger partial charge >= 0.3 is 5.97 Å². The van der Waals surface area contributed by atoms with Gasteiger partial charge in [-0.05, 0) is 17.7 Å². The Balaban J connectivity index is 1.98. The molecule has 0 bridgehead atoms. The molecule has 0 aliphatic rings. The number of benzene rings is 1. The Kier molecular flexibility index (Phi) is 5.36. The van der Waals surface area contributed by atoms with Crippen molar-refractivity contribution in [3.05, 3.63) is 76.3 Å². The largest absolute Gasteiger partial charge is 0.457 e. The third-order valence-corrected chi connectivity index (χ3v) is 3.81. The minimum atomic E-state index is -0.894. The van der Waals surface area contributed by atoms with Crippen molar-refractivity contribution in [1.29, 1.82) is 0 Å². The molecule has 3 aromatic rings. The summed E-state index contributed by atoms with van der Waals surface area (Å²) in [6.45, 7) is -0.291. The predicted octanol–water partition coefficient (Wildman–Crippen LogP) is 1.44. The minimum absolute atomic E-state index is 0.0155. The summed E-state index contributed by atoms with van der Waals surface area (Å²) in [7, 11) is 0. The van der Waals surface area contributed by atoms with Crippen LogP contribution in [0.1, 0.15) is 15.9 Å². The highest BCUT2D eigenvalue weighted by Crippen LogP contribution is 2.18. The lowest BCUT2D eigenvalue weighted by Crippen LogP contribution is -2.31. The van der Waals surface area contributed by atoms with Crippen LogP contribution in [0.3, 0.4) is 0 Å². The van der Waals surface area contributed by atoms with Crippen molar-refractivity contribution < 1.29 is 14.3 Å². The molecule has 3 rings (SSSR count). The summed E-state index contributed by atoms with van der Waals surface area (Å²) < 4.78 is 6.27. The molecule has 136 valence electrons. The number of pyridine rings is 1. The van der Waals surface area contributed by atoms with Gasteiger partial charge in [-0.15, -0.1) is 0 Å². The van der Waals surface area contributed by atoms with Gasteiger partial charge in [-0.25, -0.2) is 9.78 Å². The second kappa shape index (κ2) is 8.05. The fourth-order valence-corrected chi connectivity index (χ4v) is 2.52. The zero-order valence-corrected chi connectivity index (χ0v) is 14.2. The first-order valence-corrected chi connectivity index (χ1v) is 8.07. The maximum Gasteiger partial charge on any atom is 0.347 e. The van der Waals surface area contributed by atoms with Crippen molar-refractivity contribution in [3.63, 3.8) is 0 Å². The normalized spacial score (nSPS) is 10.4. The smallest absolute Gasteiger partial charge is 0.347 e. The molecule has 8 heteroatoms. The van der Waals surface area contributed by atoms with Crippen LogP contribution in [0, 0.1) is 0 Å². The van der Waals surface area contributed by atoms with Gasteiger partial charge in [-0.2, -0.15) is 0 Å². The lowest BCUT2D eigenvalue weighted by Gasteiger charge is -2.13. The summed E-state index contributed by atoms with van der Waals surface area (Å²) >= 11 is 0. The molecular weight excluding hydrogens is 348 g/mol. The molecule has 2 heterocycles. The fourth-order valence-electron chi connectivity index (χ4n) is 2.52. The van der Waals surface area contributed by atoms with Crippen LogP contribution in [0.25, 0.3) is 11.4 Å². The molecule has 0 spiro atoms. The Morgan fingerprint density at radius 3 is 2.52 bits per heavy atom. The highest BCUT2D eigenvalue weighted by Gasteiger charge is 2.23. The number of hydrogen-bond acceptors (Lipinski definition) is 7. The number of anilines is 1. The van der Waals surface area contributed by atoms with Gasteiger partial charge in [0.25, 0.3) is 5.56 Å². The Bertz CT molecular complexity index is 1020. The van der Waals surface area contributed by atoms with E-state index in [1.54, 1.807) is 36.4 Å². The molecule has 8 nitrogen and oxygen atoms in total. The summed E-state index contributed by atoms with van der Waals surface area (Å²) in [5.74, 6) is -0.978. The Morgan fingerprint density at radius 2 is 1.85 bits per heavy atom. The maximum absolute atomic E-state index is 12.8. The van der Waals surface area contributed by atoms with Crippen LogP contribution in [0.2, 0.25) is 0 Å². The first kappa shape index (κ1) is 18.0. The van der Waals surface area contributed by atoms with Crippen LogP contribution in [0.5, 0.6) is 0 Å². The van der Waals surface area contributed by atoms with Gasteiger partial charge in [0.05, 0.1) is 6.54 Å². The molecule has 0 radical (unpaired) electrons. The Morgan fingerprint density at radius 1 is 1.15 bits per heavy atom. The van der Waals surface area contributed by atoms with E-state index in [9.17, 15) is 14.4 Å². The van der Waals surface area contributed by atoms with Crippen LogP contribution in [-0.2, 0) is 22.7 Å². The van der Waals surface area contributed by atoms with Crippen LogP contribution in [0.4, 0.5) is 5.82 Å². The summed E-state index contributed by atoms with van der Waals surface area (Å²) in [6, 6.07) is 12.3. The number of carbonyl (C=O) groups excluding carboxylic acids is 2. The predicted molar refractivity (Wildman–Crippen MR) is 97.8 cm³/mol. The first-order chi connectivity index (χ1) is 13.1. The lowest BCUT2D eigenvalue weighted by atomic mass is 10.2. The number of aromatic nitrogens is 3. The van der Waals surface area contributed by atoms with Crippen molar-refractivity contribution in [3.8, 4) is 11.4 Å². The standard InChI is InChI=1S/C19H16N4O4/c20-16-15(19(26)27-12-13-4-2-1-3-5-13)18(25)23(10-11-24)17(22-16)14-6-8-21-9-7-14/h1-9,11H,10,12,20H2. The number of hydrogen-bond donors (Lipinski definition) is 1. The van der Waals surface area contributed by atoms with Crippen molar-refractivity contribution in [2.75, 3.05) is 5.73 Å².